The first-order valence-corrected chi connectivity index (χ1v) is 10.4. The Morgan fingerprint density at radius 2 is 1.93 bits per heavy atom. The molecular formula is C22H36N2O4. The average Bonchev–Trinajstić information content (AvgIpc) is 2.72. The fourth-order valence-electron chi connectivity index (χ4n) is 3.32. The number of carbonyl (C=O) groups is 1. The van der Waals surface area contributed by atoms with E-state index in [2.05, 4.69) is 31.0 Å². The molecule has 0 bridgehead atoms. The monoisotopic (exact) mass is 392 g/mol. The van der Waals surface area contributed by atoms with Crippen LogP contribution in [-0.2, 0) is 4.74 Å². The van der Waals surface area contributed by atoms with Gasteiger partial charge >= 0.3 is 0 Å². The molecule has 2 rings (SSSR count). The van der Waals surface area contributed by atoms with E-state index in [0.29, 0.717) is 30.2 Å². The fourth-order valence-corrected chi connectivity index (χ4v) is 3.32. The fraction of sp³-hybridized carbons (Fsp3) is 0.682. The predicted octanol–water partition coefficient (Wildman–Crippen LogP) is 3.49. The summed E-state index contributed by atoms with van der Waals surface area (Å²) in [4.78, 5) is 15.0. The summed E-state index contributed by atoms with van der Waals surface area (Å²) in [6, 6.07) is 5.36. The van der Waals surface area contributed by atoms with Gasteiger partial charge in [-0.05, 0) is 38.5 Å². The SMILES string of the molecule is CCCCCCOc1ccc(C(=O)NCC(C)(C)N2CCOCC2)cc1OC. The van der Waals surface area contributed by atoms with E-state index >= 15 is 0 Å². The highest BCUT2D eigenvalue weighted by Gasteiger charge is 2.28. The number of amides is 1. The highest BCUT2D eigenvalue weighted by Crippen LogP contribution is 2.28. The normalized spacial score (nSPS) is 15.3. The molecule has 1 aromatic rings. The molecule has 1 aliphatic rings. The number of nitrogens with one attached hydrogen (secondary N) is 1. The van der Waals surface area contributed by atoms with Crippen LogP contribution in [0.25, 0.3) is 0 Å². The molecule has 0 saturated carbocycles. The molecule has 158 valence electrons. The number of unbranched alkanes of at least 4 members (excludes halogenated alkanes) is 3. The lowest BCUT2D eigenvalue weighted by Gasteiger charge is -2.40. The molecule has 0 atom stereocenters. The van der Waals surface area contributed by atoms with E-state index in [-0.39, 0.29) is 11.4 Å². The zero-order valence-electron chi connectivity index (χ0n) is 17.9. The van der Waals surface area contributed by atoms with E-state index in [1.165, 1.54) is 12.8 Å². The first-order chi connectivity index (χ1) is 13.5. The van der Waals surface area contributed by atoms with E-state index in [1.54, 1.807) is 19.2 Å². The molecule has 28 heavy (non-hydrogen) atoms. The van der Waals surface area contributed by atoms with Crippen LogP contribution >= 0.6 is 0 Å². The third kappa shape index (κ3) is 6.67. The van der Waals surface area contributed by atoms with Crippen molar-refractivity contribution in [3.05, 3.63) is 23.8 Å². The summed E-state index contributed by atoms with van der Waals surface area (Å²) in [6.45, 7) is 11.0. The van der Waals surface area contributed by atoms with E-state index in [9.17, 15) is 4.79 Å². The minimum atomic E-state index is -0.120. The molecule has 1 fully saturated rings. The smallest absolute Gasteiger partial charge is 0.251 e. The molecule has 1 aromatic carbocycles. The Bertz CT molecular complexity index is 613. The summed E-state index contributed by atoms with van der Waals surface area (Å²) < 4.78 is 16.7. The third-order valence-electron chi connectivity index (χ3n) is 5.23. The van der Waals surface area contributed by atoms with Crippen molar-refractivity contribution < 1.29 is 19.0 Å². The van der Waals surface area contributed by atoms with Crippen LogP contribution < -0.4 is 14.8 Å². The summed E-state index contributed by atoms with van der Waals surface area (Å²) in [5.41, 5.74) is 0.457. The highest BCUT2D eigenvalue weighted by molar-refractivity contribution is 5.94. The molecule has 1 amide bonds. The van der Waals surface area contributed by atoms with Gasteiger partial charge in [-0.1, -0.05) is 26.2 Å². The summed E-state index contributed by atoms with van der Waals surface area (Å²) in [7, 11) is 1.60. The molecular weight excluding hydrogens is 356 g/mol. The average molecular weight is 393 g/mol. The van der Waals surface area contributed by atoms with Gasteiger partial charge in [-0.15, -0.1) is 0 Å². The molecule has 0 aromatic heterocycles. The summed E-state index contributed by atoms with van der Waals surface area (Å²) >= 11 is 0. The molecule has 0 aliphatic carbocycles. The number of ether oxygens (including phenoxy) is 3. The van der Waals surface area contributed by atoms with Crippen LogP contribution in [0.5, 0.6) is 11.5 Å². The van der Waals surface area contributed by atoms with Gasteiger partial charge in [0.25, 0.3) is 5.91 Å². The largest absolute Gasteiger partial charge is 0.493 e. The van der Waals surface area contributed by atoms with Crippen LogP contribution in [0, 0.1) is 0 Å². The zero-order chi connectivity index (χ0) is 20.4. The van der Waals surface area contributed by atoms with Gasteiger partial charge in [-0.3, -0.25) is 9.69 Å². The van der Waals surface area contributed by atoms with Gasteiger partial charge in [-0.2, -0.15) is 0 Å². The van der Waals surface area contributed by atoms with Crippen LogP contribution in [0.1, 0.15) is 56.8 Å². The third-order valence-corrected chi connectivity index (χ3v) is 5.23. The molecule has 0 spiro atoms. The van der Waals surface area contributed by atoms with Gasteiger partial charge < -0.3 is 19.5 Å². The Labute approximate surface area is 169 Å². The van der Waals surface area contributed by atoms with Crippen LogP contribution in [-0.4, -0.2) is 62.9 Å². The quantitative estimate of drug-likeness (QED) is 0.584. The topological polar surface area (TPSA) is 60.0 Å². The van der Waals surface area contributed by atoms with Gasteiger partial charge in [0.2, 0.25) is 0 Å². The van der Waals surface area contributed by atoms with Gasteiger partial charge in [0, 0.05) is 30.7 Å². The predicted molar refractivity (Wildman–Crippen MR) is 111 cm³/mol. The van der Waals surface area contributed by atoms with Crippen molar-refractivity contribution >= 4 is 5.91 Å². The first kappa shape index (κ1) is 22.5. The number of methoxy groups -OCH3 is 1. The van der Waals surface area contributed by atoms with Crippen LogP contribution in [0.15, 0.2) is 18.2 Å². The Kier molecular flexibility index (Phi) is 9.06. The van der Waals surface area contributed by atoms with Crippen molar-refractivity contribution in [3.63, 3.8) is 0 Å². The van der Waals surface area contributed by atoms with Crippen molar-refractivity contribution in [2.24, 2.45) is 0 Å². The maximum atomic E-state index is 12.6. The number of carbonyl (C=O) groups excluding carboxylic acids is 1. The maximum Gasteiger partial charge on any atom is 0.251 e. The van der Waals surface area contributed by atoms with Crippen molar-refractivity contribution in [2.75, 3.05) is 46.6 Å². The minimum Gasteiger partial charge on any atom is -0.493 e. The van der Waals surface area contributed by atoms with Crippen LogP contribution in [0.4, 0.5) is 0 Å². The molecule has 0 radical (unpaired) electrons. The minimum absolute atomic E-state index is 0.103. The van der Waals surface area contributed by atoms with E-state index < -0.39 is 0 Å². The van der Waals surface area contributed by atoms with Crippen molar-refractivity contribution in [1.82, 2.24) is 10.2 Å². The molecule has 0 unspecified atom stereocenters. The van der Waals surface area contributed by atoms with Gasteiger partial charge in [0.05, 0.1) is 26.9 Å². The Morgan fingerprint density at radius 1 is 1.18 bits per heavy atom. The number of morpholine rings is 1. The number of hydrogen-bond donors (Lipinski definition) is 1. The molecule has 6 nitrogen and oxygen atoms in total. The van der Waals surface area contributed by atoms with E-state index in [4.69, 9.17) is 14.2 Å². The van der Waals surface area contributed by atoms with Crippen LogP contribution in [0.3, 0.4) is 0 Å². The van der Waals surface area contributed by atoms with Crippen molar-refractivity contribution in [3.8, 4) is 11.5 Å². The number of nitrogens with zero attached hydrogens (tertiary/aromatic N) is 1. The Morgan fingerprint density at radius 3 is 2.61 bits per heavy atom. The van der Waals surface area contributed by atoms with Crippen LogP contribution in [0.2, 0.25) is 0 Å². The lowest BCUT2D eigenvalue weighted by atomic mass is 10.0. The van der Waals surface area contributed by atoms with E-state index in [1.807, 2.05) is 6.07 Å². The molecule has 1 saturated heterocycles. The molecule has 1 aliphatic heterocycles. The molecule has 6 heteroatoms. The molecule has 1 N–H and O–H groups in total. The summed E-state index contributed by atoms with van der Waals surface area (Å²) in [5.74, 6) is 1.17. The van der Waals surface area contributed by atoms with Gasteiger partial charge in [0.15, 0.2) is 11.5 Å². The first-order valence-electron chi connectivity index (χ1n) is 10.4. The standard InChI is InChI=1S/C22H36N2O4/c1-5-6-7-8-13-28-19-10-9-18(16-20(19)26-4)21(25)23-17-22(2,3)24-11-14-27-15-12-24/h9-10,16H,5-8,11-15,17H2,1-4H3,(H,23,25). The van der Waals surface area contributed by atoms with Gasteiger partial charge in [0.1, 0.15) is 0 Å². The summed E-state index contributed by atoms with van der Waals surface area (Å²) in [5, 5.41) is 3.06. The second-order valence-electron chi connectivity index (χ2n) is 7.87. The number of benzene rings is 1. The Balaban J connectivity index is 1.90. The number of rotatable bonds is 11. The van der Waals surface area contributed by atoms with E-state index in [0.717, 1.165) is 39.1 Å². The Hall–Kier alpha value is -1.79. The van der Waals surface area contributed by atoms with Crippen molar-refractivity contribution in [2.45, 2.75) is 52.0 Å². The second kappa shape index (κ2) is 11.3. The molecule has 1 heterocycles. The maximum absolute atomic E-state index is 12.6. The van der Waals surface area contributed by atoms with Gasteiger partial charge in [-0.25, -0.2) is 0 Å². The second-order valence-corrected chi connectivity index (χ2v) is 7.87. The lowest BCUT2D eigenvalue weighted by Crippen LogP contribution is -2.55. The highest BCUT2D eigenvalue weighted by atomic mass is 16.5. The summed E-state index contributed by atoms with van der Waals surface area (Å²) in [6.07, 6.45) is 4.62. The zero-order valence-corrected chi connectivity index (χ0v) is 17.9. The lowest BCUT2D eigenvalue weighted by molar-refractivity contribution is -0.00923. The number of hydrogen-bond acceptors (Lipinski definition) is 5. The van der Waals surface area contributed by atoms with Crippen molar-refractivity contribution in [1.29, 1.82) is 0 Å².